The van der Waals surface area contributed by atoms with Crippen LogP contribution in [0, 0.1) is 11.6 Å². The second-order valence-electron chi connectivity index (χ2n) is 5.06. The quantitative estimate of drug-likeness (QED) is 0.861. The molecule has 110 valence electrons. The van der Waals surface area contributed by atoms with Crippen molar-refractivity contribution in [3.05, 3.63) is 35.4 Å². The summed E-state index contributed by atoms with van der Waals surface area (Å²) in [5.41, 5.74) is -0.169. The summed E-state index contributed by atoms with van der Waals surface area (Å²) >= 11 is 0. The zero-order valence-electron chi connectivity index (χ0n) is 11.3. The molecule has 20 heavy (non-hydrogen) atoms. The van der Waals surface area contributed by atoms with Crippen LogP contribution in [-0.2, 0) is 4.74 Å². The Hall–Kier alpha value is -1.53. The van der Waals surface area contributed by atoms with Crippen LogP contribution in [-0.4, -0.2) is 38.3 Å². The van der Waals surface area contributed by atoms with Gasteiger partial charge in [0.2, 0.25) is 0 Å². The topological polar surface area (TPSA) is 50.4 Å². The van der Waals surface area contributed by atoms with E-state index in [2.05, 4.69) is 10.6 Å². The van der Waals surface area contributed by atoms with Crippen molar-refractivity contribution < 1.29 is 18.3 Å². The van der Waals surface area contributed by atoms with Gasteiger partial charge in [-0.2, -0.15) is 0 Å². The normalized spacial score (nSPS) is 21.9. The van der Waals surface area contributed by atoms with E-state index in [1.165, 1.54) is 6.07 Å². The summed E-state index contributed by atoms with van der Waals surface area (Å²) in [5, 5.41) is 6.07. The molecule has 2 N–H and O–H groups in total. The molecule has 6 heteroatoms. The number of carbonyl (C=O) groups is 1. The Balaban J connectivity index is 1.98. The fourth-order valence-corrected chi connectivity index (χ4v) is 2.46. The summed E-state index contributed by atoms with van der Waals surface area (Å²) in [6, 6.07) is 3.11. The van der Waals surface area contributed by atoms with Gasteiger partial charge in [-0.25, -0.2) is 8.78 Å². The molecule has 1 aliphatic heterocycles. The molecule has 1 amide bonds. The van der Waals surface area contributed by atoms with Gasteiger partial charge in [-0.1, -0.05) is 0 Å². The van der Waals surface area contributed by atoms with Gasteiger partial charge in [0, 0.05) is 19.2 Å². The van der Waals surface area contributed by atoms with Crippen LogP contribution in [0.25, 0.3) is 0 Å². The van der Waals surface area contributed by atoms with E-state index < -0.39 is 17.5 Å². The van der Waals surface area contributed by atoms with Crippen LogP contribution in [0.15, 0.2) is 18.2 Å². The number of benzene rings is 1. The van der Waals surface area contributed by atoms with Gasteiger partial charge in [0.15, 0.2) is 11.6 Å². The number of ether oxygens (including phenoxy) is 1. The first-order chi connectivity index (χ1) is 9.56. The van der Waals surface area contributed by atoms with Gasteiger partial charge in [0.05, 0.1) is 12.1 Å². The second-order valence-corrected chi connectivity index (χ2v) is 5.06. The first-order valence-electron chi connectivity index (χ1n) is 6.53. The molecule has 0 spiro atoms. The Morgan fingerprint density at radius 2 is 2.25 bits per heavy atom. The maximum atomic E-state index is 13.1. The van der Waals surface area contributed by atoms with Crippen molar-refractivity contribution in [2.45, 2.75) is 18.4 Å². The maximum Gasteiger partial charge on any atom is 0.251 e. The van der Waals surface area contributed by atoms with E-state index in [1.807, 2.05) is 0 Å². The molecule has 1 saturated heterocycles. The fraction of sp³-hybridized carbons (Fsp3) is 0.500. The van der Waals surface area contributed by atoms with E-state index >= 15 is 0 Å². The third-order valence-electron chi connectivity index (χ3n) is 3.52. The molecule has 0 bridgehead atoms. The van der Waals surface area contributed by atoms with Crippen LogP contribution >= 0.6 is 0 Å². The zero-order valence-corrected chi connectivity index (χ0v) is 11.3. The zero-order chi connectivity index (χ0) is 14.6. The van der Waals surface area contributed by atoms with E-state index in [4.69, 9.17) is 4.74 Å². The summed E-state index contributed by atoms with van der Waals surface area (Å²) < 4.78 is 31.1. The van der Waals surface area contributed by atoms with Crippen LogP contribution in [0.5, 0.6) is 0 Å². The molecule has 1 atom stereocenters. The van der Waals surface area contributed by atoms with Crippen molar-refractivity contribution in [3.63, 3.8) is 0 Å². The third kappa shape index (κ3) is 3.32. The first kappa shape index (κ1) is 14.9. The Morgan fingerprint density at radius 1 is 1.45 bits per heavy atom. The Kier molecular flexibility index (Phi) is 4.67. The number of methoxy groups -OCH3 is 1. The predicted octanol–water partition coefficient (Wildman–Crippen LogP) is 1.46. The van der Waals surface area contributed by atoms with Crippen molar-refractivity contribution in [2.75, 3.05) is 26.8 Å². The van der Waals surface area contributed by atoms with Crippen molar-refractivity contribution in [1.29, 1.82) is 0 Å². The molecular weight excluding hydrogens is 266 g/mol. The van der Waals surface area contributed by atoms with Crippen molar-refractivity contribution >= 4 is 5.91 Å². The van der Waals surface area contributed by atoms with Crippen molar-refractivity contribution in [3.8, 4) is 0 Å². The minimum Gasteiger partial charge on any atom is -0.383 e. The molecule has 1 unspecified atom stereocenters. The van der Waals surface area contributed by atoms with Crippen LogP contribution in [0.4, 0.5) is 8.78 Å². The SMILES string of the molecule is COCC1(CNC(=O)c2ccc(F)c(F)c2)CCCN1. The smallest absolute Gasteiger partial charge is 0.251 e. The predicted molar refractivity (Wildman–Crippen MR) is 70.5 cm³/mol. The van der Waals surface area contributed by atoms with Crippen molar-refractivity contribution in [2.24, 2.45) is 0 Å². The lowest BCUT2D eigenvalue weighted by atomic mass is 9.98. The monoisotopic (exact) mass is 284 g/mol. The molecule has 0 saturated carbocycles. The van der Waals surface area contributed by atoms with Gasteiger partial charge < -0.3 is 15.4 Å². The Bertz CT molecular complexity index is 488. The average molecular weight is 284 g/mol. The van der Waals surface area contributed by atoms with Gasteiger partial charge in [-0.05, 0) is 37.6 Å². The molecule has 1 aromatic rings. The molecular formula is C14H18F2N2O2. The highest BCUT2D eigenvalue weighted by atomic mass is 19.2. The number of hydrogen-bond donors (Lipinski definition) is 2. The number of carbonyl (C=O) groups excluding carboxylic acids is 1. The van der Waals surface area contributed by atoms with E-state index in [-0.39, 0.29) is 11.1 Å². The summed E-state index contributed by atoms with van der Waals surface area (Å²) in [5.74, 6) is -2.41. The van der Waals surface area contributed by atoms with Gasteiger partial charge in [-0.15, -0.1) is 0 Å². The second kappa shape index (κ2) is 6.28. The van der Waals surface area contributed by atoms with Crippen LogP contribution < -0.4 is 10.6 Å². The lowest BCUT2D eigenvalue weighted by molar-refractivity contribution is 0.0891. The fourth-order valence-electron chi connectivity index (χ4n) is 2.46. The molecule has 1 heterocycles. The van der Waals surface area contributed by atoms with Gasteiger partial charge in [-0.3, -0.25) is 4.79 Å². The molecule has 0 aromatic heterocycles. The number of amides is 1. The lowest BCUT2D eigenvalue weighted by Gasteiger charge is -2.28. The van der Waals surface area contributed by atoms with Crippen molar-refractivity contribution in [1.82, 2.24) is 10.6 Å². The van der Waals surface area contributed by atoms with E-state index in [9.17, 15) is 13.6 Å². The standard InChI is InChI=1S/C14H18F2N2O2/c1-20-9-14(5-2-6-18-14)8-17-13(19)10-3-4-11(15)12(16)7-10/h3-4,7,18H,2,5-6,8-9H2,1H3,(H,17,19). The summed E-state index contributed by atoms with van der Waals surface area (Å²) in [4.78, 5) is 11.9. The highest BCUT2D eigenvalue weighted by Crippen LogP contribution is 2.19. The van der Waals surface area contributed by atoms with E-state index in [0.717, 1.165) is 31.5 Å². The third-order valence-corrected chi connectivity index (χ3v) is 3.52. The van der Waals surface area contributed by atoms with Crippen LogP contribution in [0.2, 0.25) is 0 Å². The van der Waals surface area contributed by atoms with Gasteiger partial charge in [0.1, 0.15) is 0 Å². The molecule has 0 aliphatic carbocycles. The van der Waals surface area contributed by atoms with Gasteiger partial charge in [0.25, 0.3) is 5.91 Å². The minimum absolute atomic E-state index is 0.106. The molecule has 0 radical (unpaired) electrons. The van der Waals surface area contributed by atoms with E-state index in [1.54, 1.807) is 7.11 Å². The molecule has 1 aromatic carbocycles. The van der Waals surface area contributed by atoms with Crippen LogP contribution in [0.3, 0.4) is 0 Å². The Morgan fingerprint density at radius 3 is 2.85 bits per heavy atom. The largest absolute Gasteiger partial charge is 0.383 e. The number of hydrogen-bond acceptors (Lipinski definition) is 3. The minimum atomic E-state index is -1.02. The molecule has 4 nitrogen and oxygen atoms in total. The Labute approximate surface area is 116 Å². The lowest BCUT2D eigenvalue weighted by Crippen LogP contribution is -2.53. The van der Waals surface area contributed by atoms with Gasteiger partial charge >= 0.3 is 0 Å². The van der Waals surface area contributed by atoms with Crippen LogP contribution in [0.1, 0.15) is 23.2 Å². The summed E-state index contributed by atoms with van der Waals surface area (Å²) in [6.45, 7) is 1.76. The number of halogens is 2. The molecule has 2 rings (SSSR count). The molecule has 1 fully saturated rings. The number of nitrogens with one attached hydrogen (secondary N) is 2. The maximum absolute atomic E-state index is 13.1. The highest BCUT2D eigenvalue weighted by molar-refractivity contribution is 5.94. The van der Waals surface area contributed by atoms with E-state index in [0.29, 0.717) is 13.2 Å². The summed E-state index contributed by atoms with van der Waals surface area (Å²) in [7, 11) is 1.61. The number of rotatable bonds is 5. The first-order valence-corrected chi connectivity index (χ1v) is 6.53. The average Bonchev–Trinajstić information content (AvgIpc) is 2.89. The summed E-state index contributed by atoms with van der Waals surface area (Å²) in [6.07, 6.45) is 1.92. The highest BCUT2D eigenvalue weighted by Gasteiger charge is 2.33. The molecule has 1 aliphatic rings.